The Morgan fingerprint density at radius 3 is 2.26 bits per heavy atom. The summed E-state index contributed by atoms with van der Waals surface area (Å²) in [5, 5.41) is 1.32. The summed E-state index contributed by atoms with van der Waals surface area (Å²) < 4.78 is 0. The second-order valence-electron chi connectivity index (χ2n) is 8.06. The molecule has 1 atom stereocenters. The summed E-state index contributed by atoms with van der Waals surface area (Å²) in [7, 11) is 0. The molecule has 0 saturated carbocycles. The Morgan fingerprint density at radius 2 is 1.55 bits per heavy atom. The number of anilines is 2. The van der Waals surface area contributed by atoms with Crippen molar-refractivity contribution in [2.24, 2.45) is 0 Å². The number of rotatable bonds is 3. The van der Waals surface area contributed by atoms with E-state index in [1.54, 1.807) is 0 Å². The molecule has 1 amide bonds. The molecule has 3 aromatic rings. The molecule has 2 aliphatic heterocycles. The summed E-state index contributed by atoms with van der Waals surface area (Å²) in [6, 6.07) is 23.6. The van der Waals surface area contributed by atoms with E-state index >= 15 is 0 Å². The zero-order valence-electron chi connectivity index (χ0n) is 17.2. The molecule has 5 rings (SSSR count). The second-order valence-corrected chi connectivity index (χ2v) is 8.90. The average molecular weight is 449 g/mol. The van der Waals surface area contributed by atoms with Crippen molar-refractivity contribution in [2.45, 2.75) is 25.8 Å². The molecule has 2 heterocycles. The Morgan fingerprint density at radius 1 is 0.871 bits per heavy atom. The number of carbonyl (C=O) groups is 1. The fraction of sp³-hybridized carbons (Fsp3) is 0.192. The Bertz CT molecular complexity index is 1170. The third kappa shape index (κ3) is 3.62. The fourth-order valence-electron chi connectivity index (χ4n) is 4.59. The molecule has 31 heavy (non-hydrogen) atoms. The molecule has 0 saturated heterocycles. The van der Waals surface area contributed by atoms with Crippen molar-refractivity contribution in [3.63, 3.8) is 0 Å². The van der Waals surface area contributed by atoms with Gasteiger partial charge in [-0.3, -0.25) is 4.79 Å². The number of hydrogen-bond donors (Lipinski definition) is 0. The Kier molecular flexibility index (Phi) is 5.25. The molecule has 0 bridgehead atoms. The van der Waals surface area contributed by atoms with Crippen molar-refractivity contribution in [1.82, 2.24) is 0 Å². The normalized spacial score (nSPS) is 18.5. The van der Waals surface area contributed by atoms with E-state index in [1.807, 2.05) is 53.4 Å². The molecule has 0 aromatic heterocycles. The van der Waals surface area contributed by atoms with Gasteiger partial charge in [-0.2, -0.15) is 0 Å². The van der Waals surface area contributed by atoms with Crippen LogP contribution in [0.5, 0.6) is 0 Å². The van der Waals surface area contributed by atoms with E-state index in [0.29, 0.717) is 16.5 Å². The maximum Gasteiger partial charge on any atom is 0.256 e. The third-order valence-corrected chi connectivity index (χ3v) is 6.75. The van der Waals surface area contributed by atoms with E-state index in [9.17, 15) is 4.79 Å². The van der Waals surface area contributed by atoms with Crippen LogP contribution >= 0.6 is 23.2 Å². The number of benzene rings is 3. The van der Waals surface area contributed by atoms with E-state index in [4.69, 9.17) is 23.2 Å². The van der Waals surface area contributed by atoms with Crippen LogP contribution in [-0.2, 0) is 4.79 Å². The number of aryl methyl sites for hydroxylation is 1. The van der Waals surface area contributed by atoms with E-state index in [-0.39, 0.29) is 11.9 Å². The topological polar surface area (TPSA) is 23.6 Å². The highest BCUT2D eigenvalue weighted by Gasteiger charge is 2.41. The van der Waals surface area contributed by atoms with Gasteiger partial charge in [-0.15, -0.1) is 0 Å². The summed E-state index contributed by atoms with van der Waals surface area (Å²) >= 11 is 12.7. The number of nitrogens with zero attached hydrogens (tertiary/aromatic N) is 2. The summed E-state index contributed by atoms with van der Waals surface area (Å²) in [6.45, 7) is 2.89. The average Bonchev–Trinajstić information content (AvgIpc) is 3.20. The van der Waals surface area contributed by atoms with Gasteiger partial charge in [0.15, 0.2) is 0 Å². The van der Waals surface area contributed by atoms with Crippen molar-refractivity contribution in [3.8, 4) is 0 Å². The Hall–Kier alpha value is -2.75. The van der Waals surface area contributed by atoms with Gasteiger partial charge in [0.1, 0.15) is 0 Å². The number of hydrogen-bond acceptors (Lipinski definition) is 2. The highest BCUT2D eigenvalue weighted by atomic mass is 35.5. The quantitative estimate of drug-likeness (QED) is 0.432. The minimum Gasteiger partial charge on any atom is -0.344 e. The fourth-order valence-corrected chi connectivity index (χ4v) is 4.98. The van der Waals surface area contributed by atoms with Crippen LogP contribution in [0.15, 0.2) is 84.1 Å². The molecule has 0 aliphatic carbocycles. The van der Waals surface area contributed by atoms with Gasteiger partial charge < -0.3 is 9.80 Å². The molecule has 0 unspecified atom stereocenters. The maximum atomic E-state index is 13.8. The van der Waals surface area contributed by atoms with E-state index in [2.05, 4.69) is 36.1 Å². The highest BCUT2D eigenvalue weighted by Crippen LogP contribution is 2.45. The van der Waals surface area contributed by atoms with E-state index in [1.165, 1.54) is 5.56 Å². The predicted octanol–water partition coefficient (Wildman–Crippen LogP) is 6.94. The minimum absolute atomic E-state index is 0.0445. The van der Waals surface area contributed by atoms with Crippen LogP contribution in [0, 0.1) is 6.92 Å². The summed E-state index contributed by atoms with van der Waals surface area (Å²) in [5.74, 6) is 0.0445. The summed E-state index contributed by atoms with van der Waals surface area (Å²) in [4.78, 5) is 18.0. The lowest BCUT2D eigenvalue weighted by Crippen LogP contribution is -2.40. The van der Waals surface area contributed by atoms with Gasteiger partial charge in [0.05, 0.1) is 6.04 Å². The van der Waals surface area contributed by atoms with Crippen LogP contribution in [0.1, 0.15) is 30.0 Å². The van der Waals surface area contributed by atoms with Crippen molar-refractivity contribution in [1.29, 1.82) is 0 Å². The van der Waals surface area contributed by atoms with Gasteiger partial charge in [0.2, 0.25) is 0 Å². The van der Waals surface area contributed by atoms with Crippen LogP contribution in [0.3, 0.4) is 0 Å². The first-order valence-corrected chi connectivity index (χ1v) is 11.2. The molecule has 3 aromatic carbocycles. The SMILES string of the molecule is Cc1ccc(N2CCC3=C2C[C@@H](c2ccccc2Cl)N(c2ccc(Cl)cc2)C3=O)cc1. The van der Waals surface area contributed by atoms with Crippen molar-refractivity contribution >= 4 is 40.5 Å². The molecule has 0 radical (unpaired) electrons. The zero-order valence-corrected chi connectivity index (χ0v) is 18.7. The molecule has 156 valence electrons. The molecular formula is C26H22Cl2N2O. The summed E-state index contributed by atoms with van der Waals surface area (Å²) in [5.41, 5.74) is 6.12. The first kappa shape index (κ1) is 20.2. The van der Waals surface area contributed by atoms with Crippen LogP contribution < -0.4 is 9.80 Å². The lowest BCUT2D eigenvalue weighted by Gasteiger charge is -2.38. The first-order valence-electron chi connectivity index (χ1n) is 10.4. The maximum absolute atomic E-state index is 13.8. The second kappa shape index (κ2) is 8.07. The van der Waals surface area contributed by atoms with Crippen LogP contribution in [-0.4, -0.2) is 12.5 Å². The highest BCUT2D eigenvalue weighted by molar-refractivity contribution is 6.31. The molecule has 0 fully saturated rings. The standard InChI is InChI=1S/C26H22Cl2N2O/c1-17-6-10-19(11-7-17)29-15-14-22-24(29)16-25(21-4-2-3-5-23(21)28)30(26(22)31)20-12-8-18(27)9-13-20/h2-13,25H,14-16H2,1H3/t25-/m0/s1. The lowest BCUT2D eigenvalue weighted by atomic mass is 9.92. The van der Waals surface area contributed by atoms with Gasteiger partial charge >= 0.3 is 0 Å². The van der Waals surface area contributed by atoms with Crippen molar-refractivity contribution in [2.75, 3.05) is 16.3 Å². The molecular weight excluding hydrogens is 427 g/mol. The van der Waals surface area contributed by atoms with Gasteiger partial charge in [0.25, 0.3) is 5.91 Å². The predicted molar refractivity (Wildman–Crippen MR) is 128 cm³/mol. The molecule has 0 N–H and O–H groups in total. The smallest absolute Gasteiger partial charge is 0.256 e. The molecule has 3 nitrogen and oxygen atoms in total. The van der Waals surface area contributed by atoms with E-state index in [0.717, 1.165) is 41.2 Å². The largest absolute Gasteiger partial charge is 0.344 e. The molecule has 5 heteroatoms. The number of halogens is 2. The van der Waals surface area contributed by atoms with Crippen LogP contribution in [0.2, 0.25) is 10.0 Å². The van der Waals surface area contributed by atoms with Crippen LogP contribution in [0.25, 0.3) is 0 Å². The van der Waals surface area contributed by atoms with Gasteiger partial charge in [-0.25, -0.2) is 0 Å². The van der Waals surface area contributed by atoms with Crippen molar-refractivity contribution in [3.05, 3.63) is 105 Å². The van der Waals surface area contributed by atoms with E-state index < -0.39 is 0 Å². The Balaban J connectivity index is 1.61. The minimum atomic E-state index is -0.188. The van der Waals surface area contributed by atoms with Crippen molar-refractivity contribution < 1.29 is 4.79 Å². The first-order chi connectivity index (χ1) is 15.0. The van der Waals surface area contributed by atoms with Crippen LogP contribution in [0.4, 0.5) is 11.4 Å². The molecule has 0 spiro atoms. The zero-order chi connectivity index (χ0) is 21.5. The summed E-state index contributed by atoms with van der Waals surface area (Å²) in [6.07, 6.45) is 1.45. The number of amides is 1. The number of carbonyl (C=O) groups excluding carboxylic acids is 1. The third-order valence-electron chi connectivity index (χ3n) is 6.15. The van der Waals surface area contributed by atoms with Gasteiger partial charge in [-0.05, 0) is 61.4 Å². The molecule has 2 aliphatic rings. The lowest BCUT2D eigenvalue weighted by molar-refractivity contribution is -0.116. The van der Waals surface area contributed by atoms with Gasteiger partial charge in [-0.1, -0.05) is 59.1 Å². The Labute approximate surface area is 192 Å². The van der Waals surface area contributed by atoms with Gasteiger partial charge in [0, 0.05) is 45.7 Å². The monoisotopic (exact) mass is 448 g/mol.